The summed E-state index contributed by atoms with van der Waals surface area (Å²) < 4.78 is 16.7. The molecule has 0 heterocycles. The van der Waals surface area contributed by atoms with Gasteiger partial charge in [-0.25, -0.2) is 0 Å². The Labute approximate surface area is 382 Å². The van der Waals surface area contributed by atoms with Gasteiger partial charge in [-0.05, 0) is 103 Å². The molecule has 62 heavy (non-hydrogen) atoms. The summed E-state index contributed by atoms with van der Waals surface area (Å²) in [6.45, 7) is 6.46. The van der Waals surface area contributed by atoms with Gasteiger partial charge in [0.15, 0.2) is 6.10 Å². The van der Waals surface area contributed by atoms with E-state index in [1.165, 1.54) is 89.9 Å². The van der Waals surface area contributed by atoms with Crippen LogP contribution >= 0.6 is 0 Å². The van der Waals surface area contributed by atoms with Gasteiger partial charge in [0.1, 0.15) is 13.2 Å². The second kappa shape index (κ2) is 50.5. The number of esters is 3. The summed E-state index contributed by atoms with van der Waals surface area (Å²) in [5, 5.41) is 0. The molecule has 0 fully saturated rings. The van der Waals surface area contributed by atoms with Crippen LogP contribution in [0.25, 0.3) is 0 Å². The maximum absolute atomic E-state index is 12.8. The van der Waals surface area contributed by atoms with Crippen LogP contribution in [-0.4, -0.2) is 37.2 Å². The van der Waals surface area contributed by atoms with Gasteiger partial charge in [-0.1, -0.05) is 196 Å². The summed E-state index contributed by atoms with van der Waals surface area (Å²) in [6, 6.07) is 0. The number of allylic oxidation sites excluding steroid dienone is 12. The van der Waals surface area contributed by atoms with Crippen molar-refractivity contribution in [2.75, 3.05) is 13.2 Å². The van der Waals surface area contributed by atoms with Crippen LogP contribution in [0.3, 0.4) is 0 Å². The molecule has 0 aromatic carbocycles. The Balaban J connectivity index is 4.48. The van der Waals surface area contributed by atoms with Crippen molar-refractivity contribution in [2.45, 2.75) is 252 Å². The quantitative estimate of drug-likeness (QED) is 0.0199. The maximum Gasteiger partial charge on any atom is 0.306 e. The van der Waals surface area contributed by atoms with Crippen LogP contribution in [0.2, 0.25) is 0 Å². The van der Waals surface area contributed by atoms with E-state index < -0.39 is 6.10 Å². The van der Waals surface area contributed by atoms with Gasteiger partial charge >= 0.3 is 17.9 Å². The molecule has 0 aliphatic rings. The van der Waals surface area contributed by atoms with Crippen molar-refractivity contribution >= 4 is 17.9 Å². The monoisotopic (exact) mass is 865 g/mol. The molecular formula is C56H96O6. The number of ether oxygens (including phenoxy) is 3. The fourth-order valence-corrected chi connectivity index (χ4v) is 7.03. The second-order valence-corrected chi connectivity index (χ2v) is 17.1. The molecule has 0 bridgehead atoms. The lowest BCUT2D eigenvalue weighted by atomic mass is 10.1. The van der Waals surface area contributed by atoms with Gasteiger partial charge in [0.2, 0.25) is 0 Å². The molecule has 0 amide bonds. The number of rotatable bonds is 46. The predicted molar refractivity (Wildman–Crippen MR) is 265 cm³/mol. The molecular weight excluding hydrogens is 769 g/mol. The number of hydrogen-bond acceptors (Lipinski definition) is 6. The van der Waals surface area contributed by atoms with E-state index in [2.05, 4.69) is 93.7 Å². The molecule has 1 atom stereocenters. The molecule has 0 N–H and O–H groups in total. The highest BCUT2D eigenvalue weighted by Gasteiger charge is 2.19. The molecule has 356 valence electrons. The first kappa shape index (κ1) is 58.9. The molecule has 0 aromatic rings. The number of carbonyl (C=O) groups is 3. The van der Waals surface area contributed by atoms with Crippen molar-refractivity contribution in [3.8, 4) is 0 Å². The average Bonchev–Trinajstić information content (AvgIpc) is 3.27. The van der Waals surface area contributed by atoms with E-state index in [4.69, 9.17) is 14.2 Å². The van der Waals surface area contributed by atoms with Gasteiger partial charge in [0, 0.05) is 19.3 Å². The lowest BCUT2D eigenvalue weighted by molar-refractivity contribution is -0.167. The molecule has 1 unspecified atom stereocenters. The first-order valence-corrected chi connectivity index (χ1v) is 26.0. The Morgan fingerprint density at radius 2 is 0.677 bits per heavy atom. The van der Waals surface area contributed by atoms with Crippen LogP contribution < -0.4 is 0 Å². The summed E-state index contributed by atoms with van der Waals surface area (Å²) in [7, 11) is 0. The molecule has 6 nitrogen and oxygen atoms in total. The highest BCUT2D eigenvalue weighted by Crippen LogP contribution is 2.13. The Morgan fingerprint density at radius 1 is 0.355 bits per heavy atom. The predicted octanol–water partition coefficient (Wildman–Crippen LogP) is 17.0. The van der Waals surface area contributed by atoms with Crippen molar-refractivity contribution in [1.29, 1.82) is 0 Å². The normalized spacial score (nSPS) is 12.6. The maximum atomic E-state index is 12.8. The topological polar surface area (TPSA) is 78.9 Å². The van der Waals surface area contributed by atoms with Gasteiger partial charge in [-0.2, -0.15) is 0 Å². The molecule has 0 rings (SSSR count). The van der Waals surface area contributed by atoms with Crippen molar-refractivity contribution in [3.63, 3.8) is 0 Å². The summed E-state index contributed by atoms with van der Waals surface area (Å²) in [4.78, 5) is 37.9. The first-order valence-electron chi connectivity index (χ1n) is 26.0. The van der Waals surface area contributed by atoms with Crippen molar-refractivity contribution in [1.82, 2.24) is 0 Å². The van der Waals surface area contributed by atoms with E-state index in [1.54, 1.807) is 0 Å². The average molecular weight is 865 g/mol. The van der Waals surface area contributed by atoms with E-state index in [9.17, 15) is 14.4 Å². The third-order valence-electron chi connectivity index (χ3n) is 10.9. The van der Waals surface area contributed by atoms with Gasteiger partial charge in [0.25, 0.3) is 0 Å². The van der Waals surface area contributed by atoms with E-state index in [1.807, 2.05) is 0 Å². The Kier molecular flexibility index (Phi) is 47.9. The molecule has 0 aliphatic heterocycles. The van der Waals surface area contributed by atoms with Crippen LogP contribution in [-0.2, 0) is 28.6 Å². The number of carbonyl (C=O) groups excluding carboxylic acids is 3. The fraction of sp³-hybridized carbons (Fsp3) is 0.732. The lowest BCUT2D eigenvalue weighted by Gasteiger charge is -2.18. The summed E-state index contributed by atoms with van der Waals surface area (Å²) >= 11 is 0. The van der Waals surface area contributed by atoms with Crippen molar-refractivity contribution in [3.05, 3.63) is 72.9 Å². The number of hydrogen-bond donors (Lipinski definition) is 0. The zero-order valence-corrected chi connectivity index (χ0v) is 40.6. The van der Waals surface area contributed by atoms with Crippen LogP contribution in [0.1, 0.15) is 245 Å². The minimum absolute atomic E-state index is 0.101. The van der Waals surface area contributed by atoms with Crippen LogP contribution in [0, 0.1) is 0 Å². The molecule has 0 spiro atoms. The molecule has 0 aromatic heterocycles. The van der Waals surface area contributed by atoms with Gasteiger partial charge in [-0.15, -0.1) is 0 Å². The van der Waals surface area contributed by atoms with E-state index >= 15 is 0 Å². The van der Waals surface area contributed by atoms with Crippen LogP contribution in [0.4, 0.5) is 0 Å². The summed E-state index contributed by atoms with van der Waals surface area (Å²) in [5.74, 6) is -0.964. The van der Waals surface area contributed by atoms with Crippen molar-refractivity contribution < 1.29 is 28.6 Å². The van der Waals surface area contributed by atoms with E-state index in [0.29, 0.717) is 19.3 Å². The van der Waals surface area contributed by atoms with Crippen LogP contribution in [0.5, 0.6) is 0 Å². The van der Waals surface area contributed by atoms with Gasteiger partial charge in [0.05, 0.1) is 0 Å². The van der Waals surface area contributed by atoms with Crippen molar-refractivity contribution in [2.24, 2.45) is 0 Å². The zero-order valence-electron chi connectivity index (χ0n) is 40.6. The highest BCUT2D eigenvalue weighted by molar-refractivity contribution is 5.71. The molecule has 0 saturated heterocycles. The molecule has 0 aliphatic carbocycles. The molecule has 0 saturated carbocycles. The number of unbranched alkanes of at least 4 members (excludes halogenated alkanes) is 24. The van der Waals surface area contributed by atoms with Gasteiger partial charge < -0.3 is 14.2 Å². The van der Waals surface area contributed by atoms with E-state index in [-0.39, 0.29) is 31.1 Å². The first-order chi connectivity index (χ1) is 30.5. The smallest absolute Gasteiger partial charge is 0.306 e. The largest absolute Gasteiger partial charge is 0.462 e. The third-order valence-corrected chi connectivity index (χ3v) is 10.9. The minimum atomic E-state index is -0.803. The second-order valence-electron chi connectivity index (χ2n) is 17.1. The molecule has 0 radical (unpaired) electrons. The zero-order chi connectivity index (χ0) is 45.1. The Hall–Kier alpha value is -3.15. The summed E-state index contributed by atoms with van der Waals surface area (Å²) in [5.41, 5.74) is 0. The Morgan fingerprint density at radius 3 is 1.11 bits per heavy atom. The summed E-state index contributed by atoms with van der Waals surface area (Å²) in [6.07, 6.45) is 63.1. The highest BCUT2D eigenvalue weighted by atomic mass is 16.6. The fourth-order valence-electron chi connectivity index (χ4n) is 7.03. The minimum Gasteiger partial charge on any atom is -0.462 e. The SMILES string of the molecule is CC/C=C\C/C=C\C/C=C\CCCCCCC(=O)OC(COC(=O)CCCCC/C=C\C=C/CCCCCCCCC)COC(=O)CCCCC/C=C\CCCCCCCCC. The Bertz CT molecular complexity index is 1180. The van der Waals surface area contributed by atoms with E-state index in [0.717, 1.165) is 116 Å². The van der Waals surface area contributed by atoms with Gasteiger partial charge in [-0.3, -0.25) is 14.4 Å². The van der Waals surface area contributed by atoms with Crippen LogP contribution in [0.15, 0.2) is 72.9 Å². The standard InChI is InChI=1S/C56H96O6/c1-4-7-10-13-16-19-22-25-28-29-32-34-37-40-43-46-49-55(58)61-52-53(62-56(59)50-47-44-41-38-35-31-27-24-21-18-15-12-9-6-3)51-60-54(57)48-45-42-39-36-33-30-26-23-20-17-14-11-8-5-2/h9,12,18,21,27-34,53H,4-8,10-11,13-17,19-20,22-26,35-52H2,1-3H3/b12-9-,21-18-,29-28-,31-27-,33-30-,34-32-. The molecule has 6 heteroatoms. The lowest BCUT2D eigenvalue weighted by Crippen LogP contribution is -2.30. The third kappa shape index (κ3) is 47.9.